The molecule has 59 heavy (non-hydrogen) atoms. The smallest absolute Gasteiger partial charge is 0.0622 e. The predicted octanol–water partition coefficient (Wildman–Crippen LogP) is 11.0. The molecule has 9 aromatic carbocycles. The molecule has 1 radical (unpaired) electrons. The largest absolute Gasteiger partial charge is 0.210 e. The van der Waals surface area contributed by atoms with E-state index in [1.54, 1.807) is 0 Å². The molecule has 0 bridgehead atoms. The third-order valence-electron chi connectivity index (χ3n) is 9.42. The summed E-state index contributed by atoms with van der Waals surface area (Å²) in [5.41, 5.74) is 0. The molecule has 291 valence electrons. The van der Waals surface area contributed by atoms with Crippen molar-refractivity contribution in [2.45, 2.75) is 0 Å². The first-order valence-corrected chi connectivity index (χ1v) is 24.8. The third kappa shape index (κ3) is 11.7. The van der Waals surface area contributed by atoms with Crippen molar-refractivity contribution in [1.29, 1.82) is 0 Å². The Hall–Kier alpha value is -4.82. The molecule has 0 nitrogen and oxygen atoms in total. The van der Waals surface area contributed by atoms with E-state index in [0.29, 0.717) is 0 Å². The van der Waals surface area contributed by atoms with Gasteiger partial charge < -0.3 is 0 Å². The second-order valence-corrected chi connectivity index (χ2v) is 22.0. The standard InChI is InChI=1S/C18H15ClP.2C18H15P.Rh/c19-20(16-10-4-1-5-11-16,17-12-6-2-7-13-17)18-14-8-3-9-15-18;2*1-4-10-16(11-5-1)19(17-12-6-2-7-13-17)18-14-8-3-9-15-18;/h1-15H;2*1-15H;/q+1;;;. The number of rotatable bonds is 9. The summed E-state index contributed by atoms with van der Waals surface area (Å²) < 4.78 is 0. The van der Waals surface area contributed by atoms with Gasteiger partial charge in [0.25, 0.3) is 0 Å². The third-order valence-corrected chi connectivity index (χ3v) is 19.1. The first kappa shape index (κ1) is 43.8. The van der Waals surface area contributed by atoms with Crippen LogP contribution in [0, 0.1) is 0 Å². The molecule has 9 rings (SSSR count). The Morgan fingerprint density at radius 3 is 0.508 bits per heavy atom. The summed E-state index contributed by atoms with van der Waals surface area (Å²) in [6.07, 6.45) is 0. The fourth-order valence-electron chi connectivity index (χ4n) is 6.70. The molecule has 0 fully saturated rings. The molecular weight excluding hydrogens is 880 g/mol. The second kappa shape index (κ2) is 23.1. The quantitative estimate of drug-likeness (QED) is 0.1000. The molecule has 0 N–H and O–H groups in total. The summed E-state index contributed by atoms with van der Waals surface area (Å²) in [4.78, 5) is 0. The molecule has 0 aliphatic rings. The molecule has 0 aliphatic carbocycles. The maximum atomic E-state index is 7.23. The van der Waals surface area contributed by atoms with Crippen molar-refractivity contribution in [1.82, 2.24) is 0 Å². The minimum atomic E-state index is -2.05. The van der Waals surface area contributed by atoms with Gasteiger partial charge in [-0.1, -0.05) is 237 Å². The topological polar surface area (TPSA) is 0 Å². The van der Waals surface area contributed by atoms with Crippen molar-refractivity contribution < 1.29 is 19.5 Å². The normalized spacial score (nSPS) is 10.6. The average Bonchev–Trinajstić information content (AvgIpc) is 3.32. The van der Waals surface area contributed by atoms with Crippen molar-refractivity contribution in [2.24, 2.45) is 0 Å². The van der Waals surface area contributed by atoms with Crippen LogP contribution in [-0.4, -0.2) is 0 Å². The Morgan fingerprint density at radius 1 is 0.220 bits per heavy atom. The van der Waals surface area contributed by atoms with Crippen LogP contribution in [0.3, 0.4) is 0 Å². The number of hydrogen-bond donors (Lipinski definition) is 0. The first-order valence-electron chi connectivity index (χ1n) is 19.4. The van der Waals surface area contributed by atoms with E-state index in [9.17, 15) is 0 Å². The summed E-state index contributed by atoms with van der Waals surface area (Å²) in [6.45, 7) is -2.05. The Morgan fingerprint density at radius 2 is 0.356 bits per heavy atom. The number of halogens is 1. The van der Waals surface area contributed by atoms with Gasteiger partial charge in [0.15, 0.2) is 0 Å². The van der Waals surface area contributed by atoms with Gasteiger partial charge in [-0.3, -0.25) is 0 Å². The van der Waals surface area contributed by atoms with Gasteiger partial charge in [-0.15, -0.1) is 0 Å². The molecule has 0 heterocycles. The van der Waals surface area contributed by atoms with E-state index in [0.717, 1.165) is 0 Å². The fraction of sp³-hybridized carbons (Fsp3) is 0. The van der Waals surface area contributed by atoms with Gasteiger partial charge in [0, 0.05) is 19.5 Å². The molecule has 0 aliphatic heterocycles. The van der Waals surface area contributed by atoms with Gasteiger partial charge in [-0.2, -0.15) is 0 Å². The van der Waals surface area contributed by atoms with Gasteiger partial charge in [0.1, 0.15) is 27.2 Å². The van der Waals surface area contributed by atoms with Gasteiger partial charge in [-0.05, 0) is 84.1 Å². The van der Waals surface area contributed by atoms with E-state index in [-0.39, 0.29) is 19.5 Å². The molecule has 0 amide bonds. The van der Waals surface area contributed by atoms with Crippen LogP contribution >= 0.6 is 33.7 Å². The molecule has 5 heteroatoms. The molecule has 0 aromatic heterocycles. The maximum absolute atomic E-state index is 7.23. The molecule has 0 unspecified atom stereocenters. The molecule has 9 aromatic rings. The summed E-state index contributed by atoms with van der Waals surface area (Å²) in [5.74, 6) is 0. The van der Waals surface area contributed by atoms with Crippen LogP contribution < -0.4 is 47.7 Å². The van der Waals surface area contributed by atoms with Gasteiger partial charge in [0.2, 0.25) is 6.62 Å². The van der Waals surface area contributed by atoms with Crippen LogP contribution in [0.4, 0.5) is 0 Å². The van der Waals surface area contributed by atoms with Gasteiger partial charge in [0.05, 0.1) is 0 Å². The Bertz CT molecular complexity index is 2080. The van der Waals surface area contributed by atoms with Crippen molar-refractivity contribution in [3.05, 3.63) is 273 Å². The predicted molar refractivity (Wildman–Crippen MR) is 261 cm³/mol. The zero-order chi connectivity index (χ0) is 39.7. The molecule has 0 spiro atoms. The average molecular weight is 925 g/mol. The van der Waals surface area contributed by atoms with E-state index in [1.807, 2.05) is 18.2 Å². The molecular formula is C54H45ClP3Rh+. The second-order valence-electron chi connectivity index (χ2n) is 13.3. The van der Waals surface area contributed by atoms with Crippen LogP contribution in [0.1, 0.15) is 0 Å². The van der Waals surface area contributed by atoms with E-state index in [2.05, 4.69) is 255 Å². The molecule has 0 atom stereocenters. The number of hydrogen-bond acceptors (Lipinski definition) is 0. The minimum Gasteiger partial charge on any atom is -0.0622 e. The summed E-state index contributed by atoms with van der Waals surface area (Å²) in [7, 11) is -0.892. The zero-order valence-electron chi connectivity index (χ0n) is 32.5. The van der Waals surface area contributed by atoms with Crippen LogP contribution in [0.5, 0.6) is 0 Å². The number of benzene rings is 9. The van der Waals surface area contributed by atoms with Crippen LogP contribution in [-0.2, 0) is 19.5 Å². The van der Waals surface area contributed by atoms with Crippen LogP contribution in [0.25, 0.3) is 0 Å². The summed E-state index contributed by atoms with van der Waals surface area (Å²) >= 11 is 7.23. The van der Waals surface area contributed by atoms with Gasteiger partial charge >= 0.3 is 0 Å². The Balaban J connectivity index is 0.000000148. The SMILES string of the molecule is Cl[P+](c1ccccc1)(c1ccccc1)c1ccccc1.[Rh].c1ccc(P(c2ccccc2)c2ccccc2)cc1.c1ccc(P(c2ccccc2)c2ccccc2)cc1. The van der Waals surface area contributed by atoms with Crippen LogP contribution in [0.2, 0.25) is 0 Å². The summed E-state index contributed by atoms with van der Waals surface area (Å²) in [6, 6.07) is 95.8. The Labute approximate surface area is 371 Å². The van der Waals surface area contributed by atoms with E-state index < -0.39 is 22.5 Å². The monoisotopic (exact) mass is 924 g/mol. The van der Waals surface area contributed by atoms with E-state index in [4.69, 9.17) is 11.2 Å². The Kier molecular flexibility index (Phi) is 17.1. The van der Waals surface area contributed by atoms with E-state index in [1.165, 1.54) is 47.7 Å². The molecule has 0 saturated carbocycles. The van der Waals surface area contributed by atoms with Crippen molar-refractivity contribution in [3.8, 4) is 0 Å². The summed E-state index contributed by atoms with van der Waals surface area (Å²) in [5, 5.41) is 12.0. The van der Waals surface area contributed by atoms with Gasteiger partial charge in [-0.25, -0.2) is 0 Å². The van der Waals surface area contributed by atoms with Crippen molar-refractivity contribution in [2.75, 3.05) is 0 Å². The van der Waals surface area contributed by atoms with Crippen molar-refractivity contribution in [3.63, 3.8) is 0 Å². The minimum absolute atomic E-state index is 0. The zero-order valence-corrected chi connectivity index (χ0v) is 37.6. The van der Waals surface area contributed by atoms with Crippen molar-refractivity contribution >= 4 is 81.4 Å². The van der Waals surface area contributed by atoms with E-state index >= 15 is 0 Å². The first-order chi connectivity index (χ1) is 28.7. The molecule has 0 saturated heterocycles. The van der Waals surface area contributed by atoms with Crippen LogP contribution in [0.15, 0.2) is 273 Å². The fourth-order valence-corrected chi connectivity index (χ4v) is 15.0. The maximum Gasteiger partial charge on any atom is 0.210 e.